The molecule has 0 amide bonds. The van der Waals surface area contributed by atoms with E-state index in [1.807, 2.05) is 18.2 Å². The van der Waals surface area contributed by atoms with Crippen LogP contribution in [0.15, 0.2) is 30.3 Å². The standard InChI is InChI=1S/C15H22O2/c1-3-8-15(17-2)14(16)12-7-11-13-9-5-4-6-10-13/h4-6,9-10,15H,3,7-8,11-12H2,1-2H3. The Kier molecular flexibility index (Phi) is 6.56. The summed E-state index contributed by atoms with van der Waals surface area (Å²) >= 11 is 0. The smallest absolute Gasteiger partial charge is 0.161 e. The Morgan fingerprint density at radius 1 is 1.29 bits per heavy atom. The van der Waals surface area contributed by atoms with E-state index in [-0.39, 0.29) is 11.9 Å². The van der Waals surface area contributed by atoms with Gasteiger partial charge in [0.15, 0.2) is 5.78 Å². The molecule has 0 bridgehead atoms. The van der Waals surface area contributed by atoms with E-state index in [0.29, 0.717) is 6.42 Å². The molecule has 1 aromatic rings. The lowest BCUT2D eigenvalue weighted by molar-refractivity contribution is -0.129. The van der Waals surface area contributed by atoms with Crippen LogP contribution in [0.1, 0.15) is 38.2 Å². The van der Waals surface area contributed by atoms with Crippen LogP contribution >= 0.6 is 0 Å². The molecule has 0 saturated carbocycles. The molecular weight excluding hydrogens is 212 g/mol. The zero-order valence-electron chi connectivity index (χ0n) is 10.8. The van der Waals surface area contributed by atoms with Gasteiger partial charge in [0.05, 0.1) is 0 Å². The van der Waals surface area contributed by atoms with Crippen molar-refractivity contribution < 1.29 is 9.53 Å². The maximum atomic E-state index is 11.8. The summed E-state index contributed by atoms with van der Waals surface area (Å²) in [5, 5.41) is 0. The van der Waals surface area contributed by atoms with Crippen molar-refractivity contribution in [2.75, 3.05) is 7.11 Å². The Balaban J connectivity index is 2.28. The zero-order valence-corrected chi connectivity index (χ0v) is 10.8. The van der Waals surface area contributed by atoms with Gasteiger partial charge in [0.25, 0.3) is 0 Å². The highest BCUT2D eigenvalue weighted by Gasteiger charge is 2.15. The van der Waals surface area contributed by atoms with Crippen molar-refractivity contribution in [2.24, 2.45) is 0 Å². The summed E-state index contributed by atoms with van der Waals surface area (Å²) in [6, 6.07) is 10.3. The maximum absolute atomic E-state index is 11.8. The predicted molar refractivity (Wildman–Crippen MR) is 70.1 cm³/mol. The molecule has 2 heteroatoms. The van der Waals surface area contributed by atoms with Gasteiger partial charge in [-0.3, -0.25) is 4.79 Å². The average Bonchev–Trinajstić information content (AvgIpc) is 2.37. The summed E-state index contributed by atoms with van der Waals surface area (Å²) in [7, 11) is 1.62. The number of ketones is 1. The van der Waals surface area contributed by atoms with E-state index in [2.05, 4.69) is 19.1 Å². The van der Waals surface area contributed by atoms with Crippen LogP contribution in [0.2, 0.25) is 0 Å². The van der Waals surface area contributed by atoms with Crippen LogP contribution in [0, 0.1) is 0 Å². The van der Waals surface area contributed by atoms with Crippen molar-refractivity contribution in [1.29, 1.82) is 0 Å². The van der Waals surface area contributed by atoms with Crippen molar-refractivity contribution >= 4 is 5.78 Å². The topological polar surface area (TPSA) is 26.3 Å². The fourth-order valence-electron chi connectivity index (χ4n) is 1.94. The van der Waals surface area contributed by atoms with Crippen LogP contribution in [0.4, 0.5) is 0 Å². The molecule has 0 aliphatic heterocycles. The van der Waals surface area contributed by atoms with Crippen LogP contribution < -0.4 is 0 Å². The monoisotopic (exact) mass is 234 g/mol. The lowest BCUT2D eigenvalue weighted by atomic mass is 10.0. The second kappa shape index (κ2) is 8.02. The van der Waals surface area contributed by atoms with Gasteiger partial charge >= 0.3 is 0 Å². The van der Waals surface area contributed by atoms with Gasteiger partial charge in [-0.1, -0.05) is 43.7 Å². The third kappa shape index (κ3) is 5.14. The molecule has 0 aliphatic carbocycles. The van der Waals surface area contributed by atoms with E-state index in [1.165, 1.54) is 5.56 Å². The number of carbonyl (C=O) groups excluding carboxylic acids is 1. The van der Waals surface area contributed by atoms with Crippen LogP contribution in [-0.2, 0) is 16.0 Å². The Bertz CT molecular complexity index is 319. The van der Waals surface area contributed by atoms with E-state index in [1.54, 1.807) is 7.11 Å². The number of benzene rings is 1. The van der Waals surface area contributed by atoms with Crippen molar-refractivity contribution in [3.05, 3.63) is 35.9 Å². The molecule has 1 atom stereocenters. The number of ether oxygens (including phenoxy) is 1. The second-order valence-corrected chi connectivity index (χ2v) is 4.32. The van der Waals surface area contributed by atoms with E-state index in [0.717, 1.165) is 25.7 Å². The van der Waals surface area contributed by atoms with Crippen molar-refractivity contribution in [3.8, 4) is 0 Å². The van der Waals surface area contributed by atoms with Crippen LogP contribution in [0.25, 0.3) is 0 Å². The predicted octanol–water partition coefficient (Wildman–Crippen LogP) is 3.39. The molecule has 0 aliphatic rings. The molecule has 0 radical (unpaired) electrons. The third-order valence-corrected chi connectivity index (χ3v) is 2.93. The number of rotatable bonds is 8. The molecule has 0 spiro atoms. The third-order valence-electron chi connectivity index (χ3n) is 2.93. The van der Waals surface area contributed by atoms with Gasteiger partial charge in [0.1, 0.15) is 6.10 Å². The van der Waals surface area contributed by atoms with Crippen molar-refractivity contribution in [3.63, 3.8) is 0 Å². The van der Waals surface area contributed by atoms with Gasteiger partial charge in [0.2, 0.25) is 0 Å². The highest BCUT2D eigenvalue weighted by atomic mass is 16.5. The Morgan fingerprint density at radius 3 is 2.59 bits per heavy atom. The quantitative estimate of drug-likeness (QED) is 0.689. The van der Waals surface area contributed by atoms with Gasteiger partial charge < -0.3 is 4.74 Å². The Hall–Kier alpha value is -1.15. The number of Topliss-reactive ketones (excluding diaryl/α,β-unsaturated/α-hetero) is 1. The molecule has 1 unspecified atom stereocenters. The van der Waals surface area contributed by atoms with E-state index in [4.69, 9.17) is 4.74 Å². The molecule has 0 heterocycles. The summed E-state index contributed by atoms with van der Waals surface area (Å²) in [4.78, 5) is 11.8. The minimum absolute atomic E-state index is 0.198. The molecule has 1 aromatic carbocycles. The first-order valence-electron chi connectivity index (χ1n) is 6.37. The number of hydrogen-bond donors (Lipinski definition) is 0. The SMILES string of the molecule is CCCC(OC)C(=O)CCCc1ccccc1. The molecule has 0 aromatic heterocycles. The molecule has 0 N–H and O–H groups in total. The van der Waals surface area contributed by atoms with Crippen LogP contribution in [0.3, 0.4) is 0 Å². The normalized spacial score (nSPS) is 12.4. The number of carbonyl (C=O) groups is 1. The van der Waals surface area contributed by atoms with Gasteiger partial charge in [0, 0.05) is 13.5 Å². The summed E-state index contributed by atoms with van der Waals surface area (Å²) in [5.41, 5.74) is 1.30. The molecule has 0 saturated heterocycles. The largest absolute Gasteiger partial charge is 0.374 e. The summed E-state index contributed by atoms with van der Waals surface area (Å²) in [6.45, 7) is 2.07. The minimum Gasteiger partial charge on any atom is -0.374 e. The zero-order chi connectivity index (χ0) is 12.5. The number of aryl methyl sites for hydroxylation is 1. The molecule has 17 heavy (non-hydrogen) atoms. The Morgan fingerprint density at radius 2 is 2.00 bits per heavy atom. The molecular formula is C15H22O2. The van der Waals surface area contributed by atoms with Crippen molar-refractivity contribution in [1.82, 2.24) is 0 Å². The van der Waals surface area contributed by atoms with Crippen LogP contribution in [0.5, 0.6) is 0 Å². The summed E-state index contributed by atoms with van der Waals surface area (Å²) in [5.74, 6) is 0.241. The van der Waals surface area contributed by atoms with Gasteiger partial charge in [-0.05, 0) is 24.8 Å². The lowest BCUT2D eigenvalue weighted by Crippen LogP contribution is -2.22. The van der Waals surface area contributed by atoms with Gasteiger partial charge in [-0.25, -0.2) is 0 Å². The highest BCUT2D eigenvalue weighted by Crippen LogP contribution is 2.09. The first kappa shape index (κ1) is 13.9. The van der Waals surface area contributed by atoms with E-state index >= 15 is 0 Å². The molecule has 94 valence electrons. The minimum atomic E-state index is -0.198. The van der Waals surface area contributed by atoms with Crippen molar-refractivity contribution in [2.45, 2.75) is 45.1 Å². The maximum Gasteiger partial charge on any atom is 0.161 e. The molecule has 2 nitrogen and oxygen atoms in total. The van der Waals surface area contributed by atoms with Gasteiger partial charge in [-0.15, -0.1) is 0 Å². The molecule has 0 fully saturated rings. The lowest BCUT2D eigenvalue weighted by Gasteiger charge is -2.12. The van der Waals surface area contributed by atoms with E-state index < -0.39 is 0 Å². The first-order chi connectivity index (χ1) is 8.27. The second-order valence-electron chi connectivity index (χ2n) is 4.32. The highest BCUT2D eigenvalue weighted by molar-refractivity contribution is 5.83. The summed E-state index contributed by atoms with van der Waals surface area (Å²) < 4.78 is 5.21. The van der Waals surface area contributed by atoms with Crippen LogP contribution in [-0.4, -0.2) is 19.0 Å². The fourth-order valence-corrected chi connectivity index (χ4v) is 1.94. The molecule has 1 rings (SSSR count). The average molecular weight is 234 g/mol. The first-order valence-corrected chi connectivity index (χ1v) is 6.37. The Labute approximate surface area is 104 Å². The number of methoxy groups -OCH3 is 1. The summed E-state index contributed by atoms with van der Waals surface area (Å²) in [6.07, 6.45) is 4.12. The fraction of sp³-hybridized carbons (Fsp3) is 0.533. The van der Waals surface area contributed by atoms with Gasteiger partial charge in [-0.2, -0.15) is 0 Å². The number of hydrogen-bond acceptors (Lipinski definition) is 2. The van der Waals surface area contributed by atoms with E-state index in [9.17, 15) is 4.79 Å².